The first kappa shape index (κ1) is 16.0. The molecule has 4 fully saturated rings. The van der Waals surface area contributed by atoms with E-state index in [1.165, 1.54) is 32.1 Å². The first-order chi connectivity index (χ1) is 10.9. The van der Waals surface area contributed by atoms with Gasteiger partial charge < -0.3 is 4.74 Å². The lowest BCUT2D eigenvalue weighted by Gasteiger charge is -2.46. The summed E-state index contributed by atoms with van der Waals surface area (Å²) in [5.74, 6) is 6.07. The summed E-state index contributed by atoms with van der Waals surface area (Å²) in [5, 5.41) is 0. The van der Waals surface area contributed by atoms with E-state index in [0.29, 0.717) is 11.8 Å². The van der Waals surface area contributed by atoms with Crippen LogP contribution in [-0.4, -0.2) is 11.6 Å². The van der Waals surface area contributed by atoms with Gasteiger partial charge in [0.15, 0.2) is 0 Å². The van der Waals surface area contributed by atoms with E-state index in [4.69, 9.17) is 4.74 Å². The Morgan fingerprint density at radius 3 is 2.43 bits per heavy atom. The second kappa shape index (κ2) is 5.49. The summed E-state index contributed by atoms with van der Waals surface area (Å²) in [6.45, 7) is 8.69. The van der Waals surface area contributed by atoms with Crippen LogP contribution in [0.3, 0.4) is 0 Å². The molecule has 4 saturated carbocycles. The summed E-state index contributed by atoms with van der Waals surface area (Å²) in [7, 11) is 0. The number of hydrogen-bond donors (Lipinski definition) is 0. The van der Waals surface area contributed by atoms with Crippen molar-refractivity contribution in [2.24, 2.45) is 47.3 Å². The maximum atomic E-state index is 12.7. The summed E-state index contributed by atoms with van der Waals surface area (Å²) < 4.78 is 6.32. The van der Waals surface area contributed by atoms with Crippen LogP contribution in [0.5, 0.6) is 0 Å². The molecule has 0 N–H and O–H groups in total. The summed E-state index contributed by atoms with van der Waals surface area (Å²) in [6, 6.07) is 0. The van der Waals surface area contributed by atoms with Gasteiger partial charge in [-0.15, -0.1) is 0 Å². The fraction of sp³-hybridized carbons (Fsp3) is 0.952. The van der Waals surface area contributed by atoms with Crippen molar-refractivity contribution >= 4 is 5.97 Å². The number of carbonyl (C=O) groups is 1. The molecule has 8 unspecified atom stereocenters. The molecule has 0 aromatic heterocycles. The molecule has 4 aliphatic carbocycles. The molecular weight excluding hydrogens is 284 g/mol. The zero-order valence-electron chi connectivity index (χ0n) is 15.4. The summed E-state index contributed by atoms with van der Waals surface area (Å²) in [4.78, 5) is 12.7. The van der Waals surface area contributed by atoms with Crippen LogP contribution in [0.25, 0.3) is 0 Å². The topological polar surface area (TPSA) is 26.3 Å². The largest absolute Gasteiger partial charge is 0.459 e. The number of hydrogen-bond acceptors (Lipinski definition) is 2. The van der Waals surface area contributed by atoms with Crippen molar-refractivity contribution in [2.45, 2.75) is 78.2 Å². The van der Waals surface area contributed by atoms with Crippen molar-refractivity contribution in [1.82, 2.24) is 0 Å². The van der Waals surface area contributed by atoms with Gasteiger partial charge in [0.05, 0.1) is 5.92 Å². The van der Waals surface area contributed by atoms with E-state index >= 15 is 0 Å². The normalized spacial score (nSPS) is 48.0. The van der Waals surface area contributed by atoms with Gasteiger partial charge in [0.25, 0.3) is 0 Å². The molecule has 0 aromatic rings. The van der Waals surface area contributed by atoms with Gasteiger partial charge in [0.1, 0.15) is 5.60 Å². The van der Waals surface area contributed by atoms with Gasteiger partial charge in [-0.1, -0.05) is 27.7 Å². The maximum Gasteiger partial charge on any atom is 0.309 e. The van der Waals surface area contributed by atoms with Crippen molar-refractivity contribution in [1.29, 1.82) is 0 Å². The Hall–Kier alpha value is -0.530. The van der Waals surface area contributed by atoms with E-state index in [-0.39, 0.29) is 17.5 Å². The van der Waals surface area contributed by atoms with Crippen LogP contribution in [-0.2, 0) is 9.53 Å². The van der Waals surface area contributed by atoms with Crippen LogP contribution >= 0.6 is 0 Å². The van der Waals surface area contributed by atoms with Gasteiger partial charge in [0.2, 0.25) is 0 Å². The van der Waals surface area contributed by atoms with Crippen LogP contribution in [0.2, 0.25) is 0 Å². The highest BCUT2D eigenvalue weighted by atomic mass is 16.6. The Morgan fingerprint density at radius 2 is 1.78 bits per heavy atom. The van der Waals surface area contributed by atoms with Crippen molar-refractivity contribution < 1.29 is 9.53 Å². The fourth-order valence-electron chi connectivity index (χ4n) is 7.40. The molecule has 0 aliphatic heterocycles. The lowest BCUT2D eigenvalue weighted by molar-refractivity contribution is -0.177. The second-order valence-electron chi connectivity index (χ2n) is 9.66. The van der Waals surface area contributed by atoms with Gasteiger partial charge >= 0.3 is 5.97 Å². The third kappa shape index (κ3) is 2.30. The number of carbonyl (C=O) groups excluding carboxylic acids is 1. The lowest BCUT2D eigenvalue weighted by Crippen LogP contribution is -2.48. The van der Waals surface area contributed by atoms with Crippen LogP contribution < -0.4 is 0 Å². The molecule has 0 aromatic carbocycles. The highest BCUT2D eigenvalue weighted by Gasteiger charge is 2.67. The zero-order chi connectivity index (χ0) is 16.4. The molecule has 2 heteroatoms. The second-order valence-corrected chi connectivity index (χ2v) is 9.66. The van der Waals surface area contributed by atoms with E-state index in [1.807, 2.05) is 0 Å². The van der Waals surface area contributed by atoms with Crippen LogP contribution in [0.15, 0.2) is 0 Å². The average molecular weight is 319 g/mol. The van der Waals surface area contributed by atoms with Crippen molar-refractivity contribution in [3.63, 3.8) is 0 Å². The molecule has 0 amide bonds. The molecule has 4 rings (SSSR count). The molecule has 130 valence electrons. The van der Waals surface area contributed by atoms with Crippen LogP contribution in [0.4, 0.5) is 0 Å². The third-order valence-electron chi connectivity index (χ3n) is 8.03. The standard InChI is InChI=1S/C21H34O2/c1-5-21(23-20(22)13(4)8-12(2)3)11-16-10-17(21)19-15-7-6-14(9-15)18(16)19/h12-19H,5-11H2,1-4H3. The Labute approximate surface area is 141 Å². The maximum absolute atomic E-state index is 12.7. The molecule has 8 atom stereocenters. The fourth-order valence-corrected chi connectivity index (χ4v) is 7.40. The molecule has 0 spiro atoms. The van der Waals surface area contributed by atoms with Crippen LogP contribution in [0, 0.1) is 47.3 Å². The predicted molar refractivity (Wildman–Crippen MR) is 91.8 cm³/mol. The number of rotatable bonds is 5. The van der Waals surface area contributed by atoms with Gasteiger partial charge in [-0.2, -0.15) is 0 Å². The van der Waals surface area contributed by atoms with E-state index in [0.717, 1.165) is 42.4 Å². The number of fused-ring (bicyclic) bond motifs is 9. The zero-order valence-corrected chi connectivity index (χ0v) is 15.4. The van der Waals surface area contributed by atoms with Gasteiger partial charge in [-0.3, -0.25) is 4.79 Å². The monoisotopic (exact) mass is 318 g/mol. The molecular formula is C21H34O2. The molecule has 4 aliphatic rings. The molecule has 0 heterocycles. The first-order valence-corrected chi connectivity index (χ1v) is 10.2. The smallest absolute Gasteiger partial charge is 0.309 e. The van der Waals surface area contributed by atoms with E-state index < -0.39 is 0 Å². The molecule has 4 bridgehead atoms. The van der Waals surface area contributed by atoms with E-state index in [9.17, 15) is 4.79 Å². The highest BCUT2D eigenvalue weighted by Crippen LogP contribution is 2.70. The highest BCUT2D eigenvalue weighted by molar-refractivity contribution is 5.72. The number of esters is 1. The molecule has 0 saturated heterocycles. The molecule has 23 heavy (non-hydrogen) atoms. The minimum absolute atomic E-state index is 0.0494. The Bertz CT molecular complexity index is 484. The molecule has 0 radical (unpaired) electrons. The summed E-state index contributed by atoms with van der Waals surface area (Å²) in [6.07, 6.45) is 8.91. The predicted octanol–water partition coefficient (Wildman–Crippen LogP) is 5.06. The summed E-state index contributed by atoms with van der Waals surface area (Å²) in [5.41, 5.74) is -0.112. The van der Waals surface area contributed by atoms with Gasteiger partial charge in [0, 0.05) is 5.92 Å². The SMILES string of the molecule is CCC1(OC(=O)C(C)CC(C)C)CC2CC1C1C3CCC(C3)C21. The lowest BCUT2D eigenvalue weighted by atomic mass is 9.65. The van der Waals surface area contributed by atoms with Crippen molar-refractivity contribution in [3.05, 3.63) is 0 Å². The number of ether oxygens (including phenoxy) is 1. The average Bonchev–Trinajstić information content (AvgIpc) is 3.24. The Kier molecular flexibility index (Phi) is 3.81. The summed E-state index contributed by atoms with van der Waals surface area (Å²) >= 11 is 0. The van der Waals surface area contributed by atoms with E-state index in [2.05, 4.69) is 27.7 Å². The Balaban J connectivity index is 1.50. The Morgan fingerprint density at radius 1 is 1.09 bits per heavy atom. The van der Waals surface area contributed by atoms with Gasteiger partial charge in [-0.05, 0) is 80.5 Å². The molecule has 2 nitrogen and oxygen atoms in total. The third-order valence-corrected chi connectivity index (χ3v) is 8.03. The van der Waals surface area contributed by atoms with Crippen molar-refractivity contribution in [2.75, 3.05) is 0 Å². The van der Waals surface area contributed by atoms with Crippen LogP contribution in [0.1, 0.15) is 72.6 Å². The minimum atomic E-state index is -0.112. The minimum Gasteiger partial charge on any atom is -0.459 e. The van der Waals surface area contributed by atoms with Crippen molar-refractivity contribution in [3.8, 4) is 0 Å². The van der Waals surface area contributed by atoms with Gasteiger partial charge in [-0.25, -0.2) is 0 Å². The van der Waals surface area contributed by atoms with E-state index in [1.54, 1.807) is 0 Å². The first-order valence-electron chi connectivity index (χ1n) is 10.2. The quantitative estimate of drug-likeness (QED) is 0.523.